The van der Waals surface area contributed by atoms with Crippen molar-refractivity contribution in [3.8, 4) is 0 Å². The Kier molecular flexibility index (Phi) is 10.3. The van der Waals surface area contributed by atoms with Crippen LogP contribution in [0.25, 0.3) is 0 Å². The summed E-state index contributed by atoms with van der Waals surface area (Å²) in [4.78, 5) is 27.4. The van der Waals surface area contributed by atoms with Crippen molar-refractivity contribution in [3.63, 3.8) is 0 Å². The van der Waals surface area contributed by atoms with Crippen molar-refractivity contribution in [2.45, 2.75) is 66.8 Å². The van der Waals surface area contributed by atoms with Gasteiger partial charge in [0.25, 0.3) is 0 Å². The van der Waals surface area contributed by atoms with Crippen molar-refractivity contribution in [1.29, 1.82) is 0 Å². The average molecular weight is 682 g/mol. The van der Waals surface area contributed by atoms with E-state index in [1.54, 1.807) is 17.8 Å². The standard InChI is InChI=1S/C40H48FN5O2S/c1-3-38-42-20-24-44(38)29-40(32-9-7-10-33(41)25-32,37-13-8-21-46(37)39(47)48-2)31-18-22-43(23-19-31)26-30-27-45(28-30)34-14-16-36(17-15-34)49-35-11-5-4-6-12-35/h4-7,9-12,14-17,20,24-25,30-31,37H,3,8,13,18-19,21-23,26-29H2,1-2H3. The minimum absolute atomic E-state index is 0.0944. The van der Waals surface area contributed by atoms with Crippen LogP contribution in [0.15, 0.2) is 101 Å². The van der Waals surface area contributed by atoms with Gasteiger partial charge >= 0.3 is 6.09 Å². The second kappa shape index (κ2) is 15.0. The van der Waals surface area contributed by atoms with Gasteiger partial charge in [-0.2, -0.15) is 0 Å². The fourth-order valence-corrected chi connectivity index (χ4v) is 9.60. The fourth-order valence-electron chi connectivity index (χ4n) is 8.76. The summed E-state index contributed by atoms with van der Waals surface area (Å²) in [7, 11) is 1.47. The number of hydrogen-bond donors (Lipinski definition) is 0. The van der Waals surface area contributed by atoms with Gasteiger partial charge in [-0.25, -0.2) is 14.2 Å². The highest BCUT2D eigenvalue weighted by atomic mass is 32.2. The zero-order valence-electron chi connectivity index (χ0n) is 28.7. The number of halogens is 1. The molecule has 9 heteroatoms. The maximum atomic E-state index is 15.1. The Morgan fingerprint density at radius 1 is 0.959 bits per heavy atom. The first kappa shape index (κ1) is 33.7. The largest absolute Gasteiger partial charge is 0.453 e. The molecule has 7 rings (SSSR count). The number of nitrogens with zero attached hydrogens (tertiary/aromatic N) is 5. The summed E-state index contributed by atoms with van der Waals surface area (Å²) >= 11 is 1.80. The number of anilines is 1. The number of imidazole rings is 1. The monoisotopic (exact) mass is 681 g/mol. The molecule has 0 saturated carbocycles. The van der Waals surface area contributed by atoms with Gasteiger partial charge in [-0.1, -0.05) is 49.0 Å². The summed E-state index contributed by atoms with van der Waals surface area (Å²) in [6.45, 7) is 8.69. The zero-order chi connectivity index (χ0) is 33.8. The van der Waals surface area contributed by atoms with E-state index in [0.717, 1.165) is 76.2 Å². The predicted molar refractivity (Wildman–Crippen MR) is 194 cm³/mol. The molecule has 0 aliphatic carbocycles. The molecule has 7 nitrogen and oxygen atoms in total. The Morgan fingerprint density at radius 2 is 1.71 bits per heavy atom. The fraction of sp³-hybridized carbons (Fsp3) is 0.450. The minimum Gasteiger partial charge on any atom is -0.453 e. The molecule has 4 heterocycles. The number of carbonyl (C=O) groups is 1. The number of methoxy groups -OCH3 is 1. The van der Waals surface area contributed by atoms with Crippen molar-refractivity contribution in [3.05, 3.63) is 108 Å². The van der Waals surface area contributed by atoms with E-state index < -0.39 is 5.41 Å². The molecule has 2 unspecified atom stereocenters. The lowest BCUT2D eigenvalue weighted by molar-refractivity contribution is 0.0386. The maximum absolute atomic E-state index is 15.1. The zero-order valence-corrected chi connectivity index (χ0v) is 29.5. The number of ether oxygens (including phenoxy) is 1. The molecule has 4 aromatic rings. The smallest absolute Gasteiger partial charge is 0.409 e. The van der Waals surface area contributed by atoms with Crippen LogP contribution in [-0.2, 0) is 23.1 Å². The Morgan fingerprint density at radius 3 is 2.43 bits per heavy atom. The molecule has 3 fully saturated rings. The summed E-state index contributed by atoms with van der Waals surface area (Å²) < 4.78 is 22.6. The van der Waals surface area contributed by atoms with E-state index in [1.165, 1.54) is 28.7 Å². The second-order valence-electron chi connectivity index (χ2n) is 14.0. The normalized spacial score (nSPS) is 20.3. The average Bonchev–Trinajstić information content (AvgIpc) is 3.80. The first-order valence-corrected chi connectivity index (χ1v) is 18.7. The molecule has 0 bridgehead atoms. The van der Waals surface area contributed by atoms with E-state index in [4.69, 9.17) is 4.74 Å². The lowest BCUT2D eigenvalue weighted by Crippen LogP contribution is -2.58. The molecule has 0 N–H and O–H groups in total. The van der Waals surface area contributed by atoms with E-state index >= 15 is 4.39 Å². The molecule has 3 saturated heterocycles. The molecule has 2 atom stereocenters. The lowest BCUT2D eigenvalue weighted by atomic mass is 9.61. The number of likely N-dealkylation sites (tertiary alicyclic amines) is 2. The molecule has 258 valence electrons. The molecule has 1 amide bonds. The van der Waals surface area contributed by atoms with Crippen LogP contribution in [0.1, 0.15) is 44.0 Å². The Balaban J connectivity index is 1.05. The summed E-state index contributed by atoms with van der Waals surface area (Å²) in [6.07, 6.45) is 8.21. The number of carbonyl (C=O) groups excluding carboxylic acids is 1. The van der Waals surface area contributed by atoms with Gasteiger partial charge in [-0.3, -0.25) is 0 Å². The predicted octanol–water partition coefficient (Wildman–Crippen LogP) is 7.75. The van der Waals surface area contributed by atoms with Crippen LogP contribution in [0.4, 0.5) is 14.9 Å². The number of aryl methyl sites for hydroxylation is 1. The van der Waals surface area contributed by atoms with Crippen LogP contribution in [0.3, 0.4) is 0 Å². The maximum Gasteiger partial charge on any atom is 0.409 e. The van der Waals surface area contributed by atoms with Crippen LogP contribution >= 0.6 is 11.8 Å². The quantitative estimate of drug-likeness (QED) is 0.161. The number of benzene rings is 3. The van der Waals surface area contributed by atoms with Gasteiger partial charge in [0.05, 0.1) is 7.11 Å². The molecule has 3 aromatic carbocycles. The van der Waals surface area contributed by atoms with Crippen molar-refractivity contribution in [2.75, 3.05) is 51.3 Å². The van der Waals surface area contributed by atoms with Crippen LogP contribution in [0.2, 0.25) is 0 Å². The third-order valence-corrected chi connectivity index (χ3v) is 12.2. The van der Waals surface area contributed by atoms with E-state index in [0.29, 0.717) is 19.0 Å². The third kappa shape index (κ3) is 7.11. The van der Waals surface area contributed by atoms with Crippen molar-refractivity contribution in [2.24, 2.45) is 11.8 Å². The van der Waals surface area contributed by atoms with Crippen LogP contribution in [0.5, 0.6) is 0 Å². The van der Waals surface area contributed by atoms with Gasteiger partial charge in [-0.15, -0.1) is 0 Å². The number of amides is 1. The number of aromatic nitrogens is 2. The highest BCUT2D eigenvalue weighted by molar-refractivity contribution is 7.99. The SMILES string of the molecule is CCc1nccn1CC(c1cccc(F)c1)(C1CCN(CC2CN(c3ccc(Sc4ccccc4)cc3)C2)CC1)C1CCCN1C(=O)OC. The lowest BCUT2D eigenvalue weighted by Gasteiger charge is -2.51. The molecule has 3 aliphatic rings. The molecule has 0 radical (unpaired) electrons. The van der Waals surface area contributed by atoms with E-state index in [-0.39, 0.29) is 23.9 Å². The minimum atomic E-state index is -0.484. The van der Waals surface area contributed by atoms with E-state index in [2.05, 4.69) is 93.1 Å². The Bertz CT molecular complexity index is 1690. The molecule has 0 spiro atoms. The van der Waals surface area contributed by atoms with Crippen molar-refractivity contribution < 1.29 is 13.9 Å². The van der Waals surface area contributed by atoms with Gasteiger partial charge in [0.2, 0.25) is 0 Å². The summed E-state index contributed by atoms with van der Waals surface area (Å²) in [5.41, 5.74) is 1.79. The van der Waals surface area contributed by atoms with E-state index in [1.807, 2.05) is 17.2 Å². The van der Waals surface area contributed by atoms with Gasteiger partial charge in [-0.05, 0) is 98.8 Å². The van der Waals surface area contributed by atoms with Crippen molar-refractivity contribution >= 4 is 23.5 Å². The molecule has 3 aliphatic heterocycles. The van der Waals surface area contributed by atoms with Crippen LogP contribution < -0.4 is 4.90 Å². The van der Waals surface area contributed by atoms with Gasteiger partial charge in [0.1, 0.15) is 11.6 Å². The summed E-state index contributed by atoms with van der Waals surface area (Å²) in [6, 6.07) is 26.6. The Hall–Kier alpha value is -3.82. The molecule has 49 heavy (non-hydrogen) atoms. The first-order valence-electron chi connectivity index (χ1n) is 17.9. The number of rotatable bonds is 11. The van der Waals surface area contributed by atoms with Crippen LogP contribution in [0, 0.1) is 17.7 Å². The topological polar surface area (TPSA) is 53.8 Å². The Labute approximate surface area is 294 Å². The highest BCUT2D eigenvalue weighted by Crippen LogP contribution is 2.48. The van der Waals surface area contributed by atoms with Gasteiger partial charge in [0, 0.05) is 84.4 Å². The molecular weight excluding hydrogens is 634 g/mol. The number of piperidine rings is 1. The van der Waals surface area contributed by atoms with Gasteiger partial charge in [0.15, 0.2) is 0 Å². The first-order chi connectivity index (χ1) is 24.0. The highest BCUT2D eigenvalue weighted by Gasteiger charge is 2.53. The summed E-state index contributed by atoms with van der Waals surface area (Å²) in [5.74, 6) is 1.69. The molecule has 1 aromatic heterocycles. The van der Waals surface area contributed by atoms with Crippen LogP contribution in [-0.4, -0.2) is 77.9 Å². The van der Waals surface area contributed by atoms with Gasteiger partial charge < -0.3 is 24.0 Å². The van der Waals surface area contributed by atoms with Crippen molar-refractivity contribution in [1.82, 2.24) is 19.4 Å². The van der Waals surface area contributed by atoms with E-state index in [9.17, 15) is 4.79 Å². The number of hydrogen-bond acceptors (Lipinski definition) is 6. The third-order valence-electron chi connectivity index (χ3n) is 11.1. The second-order valence-corrected chi connectivity index (χ2v) is 15.1. The summed E-state index contributed by atoms with van der Waals surface area (Å²) in [5, 5.41) is 0. The molecular formula is C40H48FN5O2S.